The number of hydrogen-bond acceptors (Lipinski definition) is 4. The lowest BCUT2D eigenvalue weighted by Gasteiger charge is -2.17. The largest absolute Gasteiger partial charge is 0.383 e. The molecule has 0 saturated heterocycles. The smallest absolute Gasteiger partial charge is 0.179 e. The summed E-state index contributed by atoms with van der Waals surface area (Å²) in [6.07, 6.45) is 0.964. The Labute approximate surface area is 109 Å². The summed E-state index contributed by atoms with van der Waals surface area (Å²) >= 11 is 0. The zero-order valence-electron chi connectivity index (χ0n) is 10.9. The molecule has 4 nitrogen and oxygen atoms in total. The third-order valence-corrected chi connectivity index (χ3v) is 4.41. The molecule has 0 bridgehead atoms. The molecule has 1 unspecified atom stereocenters. The van der Waals surface area contributed by atoms with E-state index in [1.807, 2.05) is 6.92 Å². The first-order valence-corrected chi connectivity index (χ1v) is 7.75. The van der Waals surface area contributed by atoms with Gasteiger partial charge in [-0.25, -0.2) is 8.42 Å². The van der Waals surface area contributed by atoms with Crippen LogP contribution in [0.2, 0.25) is 0 Å². The topological polar surface area (TPSA) is 55.4 Å². The van der Waals surface area contributed by atoms with E-state index in [9.17, 15) is 8.42 Å². The quantitative estimate of drug-likeness (QED) is 0.778. The van der Waals surface area contributed by atoms with E-state index in [0.29, 0.717) is 11.5 Å². The summed E-state index contributed by atoms with van der Waals surface area (Å²) in [5, 5.41) is 3.19. The highest BCUT2D eigenvalue weighted by atomic mass is 32.2. The molecule has 1 rings (SSSR count). The summed E-state index contributed by atoms with van der Waals surface area (Å²) in [5.74, 6) is 0.0604. The molecule has 0 aliphatic rings. The third kappa shape index (κ3) is 4.76. The predicted molar refractivity (Wildman–Crippen MR) is 72.5 cm³/mol. The van der Waals surface area contributed by atoms with Crippen LogP contribution in [0.3, 0.4) is 0 Å². The van der Waals surface area contributed by atoms with Gasteiger partial charge in [-0.3, -0.25) is 0 Å². The number of sulfone groups is 1. The van der Waals surface area contributed by atoms with Crippen molar-refractivity contribution in [3.8, 4) is 0 Å². The van der Waals surface area contributed by atoms with Crippen molar-refractivity contribution in [2.45, 2.75) is 24.3 Å². The van der Waals surface area contributed by atoms with Gasteiger partial charge in [-0.05, 0) is 25.1 Å². The van der Waals surface area contributed by atoms with Crippen molar-refractivity contribution in [2.24, 2.45) is 0 Å². The highest BCUT2D eigenvalue weighted by Gasteiger charge is 2.20. The molecule has 0 radical (unpaired) electrons. The lowest BCUT2D eigenvalue weighted by Crippen LogP contribution is -2.39. The van der Waals surface area contributed by atoms with Crippen LogP contribution >= 0.6 is 0 Å². The minimum Gasteiger partial charge on any atom is -0.383 e. The molecule has 1 N–H and O–H groups in total. The van der Waals surface area contributed by atoms with Crippen LogP contribution in [0.1, 0.15) is 13.3 Å². The second-order valence-electron chi connectivity index (χ2n) is 4.20. The van der Waals surface area contributed by atoms with Crippen LogP contribution in [-0.2, 0) is 14.6 Å². The number of methoxy groups -OCH3 is 1. The van der Waals surface area contributed by atoms with E-state index in [1.165, 1.54) is 0 Å². The van der Waals surface area contributed by atoms with Gasteiger partial charge in [0.2, 0.25) is 0 Å². The monoisotopic (exact) mass is 271 g/mol. The fourth-order valence-corrected chi connectivity index (χ4v) is 3.21. The maximum atomic E-state index is 12.2. The van der Waals surface area contributed by atoms with Gasteiger partial charge in [-0.15, -0.1) is 0 Å². The highest BCUT2D eigenvalue weighted by Crippen LogP contribution is 2.11. The van der Waals surface area contributed by atoms with Crippen LogP contribution in [0, 0.1) is 0 Å². The Morgan fingerprint density at radius 1 is 1.28 bits per heavy atom. The number of rotatable bonds is 8. The van der Waals surface area contributed by atoms with Crippen LogP contribution in [-0.4, -0.2) is 40.5 Å². The molecular weight excluding hydrogens is 250 g/mol. The van der Waals surface area contributed by atoms with Crippen molar-refractivity contribution in [1.29, 1.82) is 0 Å². The van der Waals surface area contributed by atoms with Gasteiger partial charge in [0.25, 0.3) is 0 Å². The summed E-state index contributed by atoms with van der Waals surface area (Å²) in [5.41, 5.74) is 0. The lowest BCUT2D eigenvalue weighted by atomic mass is 10.3. The van der Waals surface area contributed by atoms with Crippen molar-refractivity contribution in [3.05, 3.63) is 30.3 Å². The normalized spacial score (nSPS) is 13.4. The Bertz CT molecular complexity index is 431. The van der Waals surface area contributed by atoms with E-state index in [0.717, 1.165) is 13.0 Å². The molecule has 0 amide bonds. The Morgan fingerprint density at radius 2 is 1.94 bits per heavy atom. The maximum absolute atomic E-state index is 12.2. The van der Waals surface area contributed by atoms with Crippen LogP contribution in [0.5, 0.6) is 0 Å². The standard InChI is InChI=1S/C13H21NO3S/c1-3-9-14-12(10-17-2)11-18(15,16)13-7-5-4-6-8-13/h4-8,12,14H,3,9-11H2,1-2H3. The van der Waals surface area contributed by atoms with Gasteiger partial charge >= 0.3 is 0 Å². The van der Waals surface area contributed by atoms with Crippen LogP contribution in [0.15, 0.2) is 35.2 Å². The molecule has 1 aromatic carbocycles. The average molecular weight is 271 g/mol. The van der Waals surface area contributed by atoms with E-state index in [4.69, 9.17) is 4.74 Å². The van der Waals surface area contributed by atoms with E-state index in [2.05, 4.69) is 5.32 Å². The Kier molecular flexibility index (Phi) is 6.32. The molecule has 0 aliphatic carbocycles. The molecule has 0 heterocycles. The van der Waals surface area contributed by atoms with Crippen molar-refractivity contribution < 1.29 is 13.2 Å². The SMILES string of the molecule is CCCNC(COC)CS(=O)(=O)c1ccccc1. The Morgan fingerprint density at radius 3 is 2.50 bits per heavy atom. The summed E-state index contributed by atoms with van der Waals surface area (Å²) in [4.78, 5) is 0.365. The van der Waals surface area contributed by atoms with Gasteiger partial charge in [-0.2, -0.15) is 0 Å². The molecule has 0 fully saturated rings. The van der Waals surface area contributed by atoms with Gasteiger partial charge in [0, 0.05) is 13.2 Å². The van der Waals surface area contributed by atoms with Crippen molar-refractivity contribution in [3.63, 3.8) is 0 Å². The first kappa shape index (κ1) is 15.1. The zero-order valence-corrected chi connectivity index (χ0v) is 11.7. The highest BCUT2D eigenvalue weighted by molar-refractivity contribution is 7.91. The third-order valence-electron chi connectivity index (χ3n) is 2.57. The average Bonchev–Trinajstić information content (AvgIpc) is 2.37. The van der Waals surface area contributed by atoms with Crippen LogP contribution in [0.4, 0.5) is 0 Å². The minimum atomic E-state index is -3.25. The second kappa shape index (κ2) is 7.51. The minimum absolute atomic E-state index is 0.0604. The van der Waals surface area contributed by atoms with Gasteiger partial charge in [-0.1, -0.05) is 25.1 Å². The van der Waals surface area contributed by atoms with Gasteiger partial charge < -0.3 is 10.1 Å². The molecule has 5 heteroatoms. The summed E-state index contributed by atoms with van der Waals surface area (Å²) < 4.78 is 29.4. The lowest BCUT2D eigenvalue weighted by molar-refractivity contribution is 0.173. The molecular formula is C13H21NO3S. The molecule has 0 aromatic heterocycles. The van der Waals surface area contributed by atoms with E-state index < -0.39 is 9.84 Å². The number of hydrogen-bond donors (Lipinski definition) is 1. The molecule has 1 aromatic rings. The molecule has 0 spiro atoms. The van der Waals surface area contributed by atoms with E-state index in [-0.39, 0.29) is 11.8 Å². The Balaban J connectivity index is 2.73. The van der Waals surface area contributed by atoms with Crippen molar-refractivity contribution in [1.82, 2.24) is 5.32 Å². The zero-order chi connectivity index (χ0) is 13.4. The first-order valence-electron chi connectivity index (χ1n) is 6.10. The maximum Gasteiger partial charge on any atom is 0.179 e. The van der Waals surface area contributed by atoms with Crippen molar-refractivity contribution >= 4 is 9.84 Å². The number of ether oxygens (including phenoxy) is 1. The van der Waals surface area contributed by atoms with E-state index >= 15 is 0 Å². The number of benzene rings is 1. The van der Waals surface area contributed by atoms with Gasteiger partial charge in [0.1, 0.15) is 0 Å². The van der Waals surface area contributed by atoms with Gasteiger partial charge in [0.05, 0.1) is 17.3 Å². The predicted octanol–water partition coefficient (Wildman–Crippen LogP) is 1.47. The van der Waals surface area contributed by atoms with Crippen molar-refractivity contribution in [2.75, 3.05) is 26.0 Å². The molecule has 102 valence electrons. The fraction of sp³-hybridized carbons (Fsp3) is 0.538. The Hall–Kier alpha value is -0.910. The summed E-state index contributed by atoms with van der Waals surface area (Å²) in [6, 6.07) is 8.36. The first-order chi connectivity index (χ1) is 8.60. The second-order valence-corrected chi connectivity index (χ2v) is 6.24. The van der Waals surface area contributed by atoms with Crippen LogP contribution in [0.25, 0.3) is 0 Å². The molecule has 1 atom stereocenters. The molecule has 18 heavy (non-hydrogen) atoms. The fourth-order valence-electron chi connectivity index (χ4n) is 1.70. The van der Waals surface area contributed by atoms with Crippen LogP contribution < -0.4 is 5.32 Å². The van der Waals surface area contributed by atoms with E-state index in [1.54, 1.807) is 37.4 Å². The summed E-state index contributed by atoms with van der Waals surface area (Å²) in [7, 11) is -1.68. The van der Waals surface area contributed by atoms with Gasteiger partial charge in [0.15, 0.2) is 9.84 Å². The summed E-state index contributed by atoms with van der Waals surface area (Å²) in [6.45, 7) is 3.23. The molecule has 0 saturated carbocycles. The number of nitrogens with one attached hydrogen (secondary N) is 1. The molecule has 0 aliphatic heterocycles.